The molecule has 0 bridgehead atoms. The van der Waals surface area contributed by atoms with Crippen molar-refractivity contribution < 1.29 is 38.6 Å². The van der Waals surface area contributed by atoms with Crippen molar-refractivity contribution in [3.8, 4) is 0 Å². The molecule has 1 aliphatic heterocycles. The summed E-state index contributed by atoms with van der Waals surface area (Å²) in [5, 5.41) is 11.1. The Hall–Kier alpha value is -1.54. The van der Waals surface area contributed by atoms with E-state index in [2.05, 4.69) is 5.32 Å². The molecular weight excluding hydrogens is 365 g/mol. The molecule has 2 aliphatic rings. The molecule has 1 fully saturated rings. The zero-order chi connectivity index (χ0) is 19.6. The van der Waals surface area contributed by atoms with Crippen LogP contribution in [0.1, 0.15) is 33.1 Å². The van der Waals surface area contributed by atoms with E-state index in [4.69, 9.17) is 19.6 Å². The summed E-state index contributed by atoms with van der Waals surface area (Å²) in [4.78, 5) is 52.2. The van der Waals surface area contributed by atoms with E-state index in [0.717, 1.165) is 12.8 Å². The molecule has 0 aromatic rings. The van der Waals surface area contributed by atoms with Gasteiger partial charge in [0.05, 0.1) is 6.61 Å². The van der Waals surface area contributed by atoms with Crippen LogP contribution in [0.4, 0.5) is 0 Å². The van der Waals surface area contributed by atoms with E-state index >= 15 is 0 Å². The van der Waals surface area contributed by atoms with E-state index in [1.54, 1.807) is 6.92 Å². The maximum absolute atomic E-state index is 11.7. The summed E-state index contributed by atoms with van der Waals surface area (Å²) in [6.45, 7) is 3.62. The number of nitrogens with one attached hydrogen (secondary N) is 1. The molecule has 0 aromatic heterocycles. The zero-order valence-electron chi connectivity index (χ0n) is 14.6. The second-order valence-corrected chi connectivity index (χ2v) is 8.82. The summed E-state index contributed by atoms with van der Waals surface area (Å²) in [6.07, 6.45) is 3.58. The predicted molar refractivity (Wildman–Crippen MR) is 89.8 cm³/mol. The third-order valence-corrected chi connectivity index (χ3v) is 5.94. The number of carboxylic acids is 1. The average Bonchev–Trinajstić information content (AvgIpc) is 3.23. The van der Waals surface area contributed by atoms with Crippen LogP contribution in [-0.4, -0.2) is 45.1 Å². The molecule has 0 spiro atoms. The molecule has 10 heteroatoms. The number of aliphatic carboxylic acids is 1. The second kappa shape index (κ2) is 8.00. The van der Waals surface area contributed by atoms with Crippen LogP contribution in [0.25, 0.3) is 0 Å². The monoisotopic (exact) mass is 389 g/mol. The van der Waals surface area contributed by atoms with Gasteiger partial charge in [0.1, 0.15) is 0 Å². The van der Waals surface area contributed by atoms with E-state index in [9.17, 15) is 18.9 Å². The Labute approximate surface area is 151 Å². The van der Waals surface area contributed by atoms with Crippen molar-refractivity contribution in [1.82, 2.24) is 5.32 Å². The summed E-state index contributed by atoms with van der Waals surface area (Å²) < 4.78 is 16.0. The zero-order valence-corrected chi connectivity index (χ0v) is 15.5. The Bertz CT molecular complexity index is 669. The minimum atomic E-state index is -4.86. The highest BCUT2D eigenvalue weighted by Gasteiger charge is 2.43. The van der Waals surface area contributed by atoms with Crippen LogP contribution in [0.3, 0.4) is 0 Å². The highest BCUT2D eigenvalue weighted by Crippen LogP contribution is 2.47. The number of hydrogen-bond acceptors (Lipinski definition) is 5. The number of carbonyl (C=O) groups excluding carboxylic acids is 2. The average molecular weight is 389 g/mol. The Kier molecular flexibility index (Phi) is 6.39. The first kappa shape index (κ1) is 20.8. The van der Waals surface area contributed by atoms with Crippen molar-refractivity contribution in [2.24, 2.45) is 23.7 Å². The Morgan fingerprint density at radius 3 is 2.62 bits per heavy atom. The highest BCUT2D eigenvalue weighted by atomic mass is 31.2. The van der Waals surface area contributed by atoms with Crippen LogP contribution < -0.4 is 5.32 Å². The minimum absolute atomic E-state index is 0.0298. The van der Waals surface area contributed by atoms with Crippen molar-refractivity contribution in [3.63, 3.8) is 0 Å². The van der Waals surface area contributed by atoms with E-state index in [-0.39, 0.29) is 48.5 Å². The first-order valence-electron chi connectivity index (χ1n) is 8.41. The van der Waals surface area contributed by atoms with Crippen LogP contribution in [-0.2, 0) is 23.7 Å². The van der Waals surface area contributed by atoms with Crippen molar-refractivity contribution in [2.45, 2.75) is 39.0 Å². The standard InChI is InChI=1S/C16H24NO8P/c1-8(10-4-9(2)14(19)17-13(18)6-10)3-11-5-12(11)7-25-16(15(20)21)26(22,23)24/h4,8,10-12,16H,3,5-7H2,1-2H3,(H,20,21)(H,17,18,19)(H2,22,23,24). The van der Waals surface area contributed by atoms with Crippen LogP contribution in [0.2, 0.25) is 0 Å². The fraction of sp³-hybridized carbons (Fsp3) is 0.688. The van der Waals surface area contributed by atoms with Crippen molar-refractivity contribution in [2.75, 3.05) is 6.61 Å². The summed E-state index contributed by atoms with van der Waals surface area (Å²) >= 11 is 0. The lowest BCUT2D eigenvalue weighted by molar-refractivity contribution is -0.146. The van der Waals surface area contributed by atoms with Gasteiger partial charge in [0.2, 0.25) is 5.91 Å². The van der Waals surface area contributed by atoms with Gasteiger partial charge in [-0.3, -0.25) is 19.5 Å². The summed E-state index contributed by atoms with van der Waals surface area (Å²) in [5.41, 5.74) is 0.509. The topological polar surface area (TPSA) is 150 Å². The van der Waals surface area contributed by atoms with Crippen LogP contribution in [0.15, 0.2) is 11.6 Å². The summed E-state index contributed by atoms with van der Waals surface area (Å²) in [6, 6.07) is 0. The molecule has 4 N–H and O–H groups in total. The second-order valence-electron chi connectivity index (χ2n) is 7.18. The van der Waals surface area contributed by atoms with Crippen LogP contribution >= 0.6 is 7.60 Å². The van der Waals surface area contributed by atoms with Gasteiger partial charge in [0, 0.05) is 12.0 Å². The molecule has 5 unspecified atom stereocenters. The number of ether oxygens (including phenoxy) is 1. The molecule has 26 heavy (non-hydrogen) atoms. The number of amides is 2. The molecule has 1 saturated carbocycles. The van der Waals surface area contributed by atoms with E-state index in [1.807, 2.05) is 13.0 Å². The molecule has 146 valence electrons. The quantitative estimate of drug-likeness (QED) is 0.353. The van der Waals surface area contributed by atoms with Gasteiger partial charge >= 0.3 is 13.6 Å². The van der Waals surface area contributed by atoms with Crippen LogP contribution in [0.5, 0.6) is 0 Å². The fourth-order valence-electron chi connectivity index (χ4n) is 3.29. The van der Waals surface area contributed by atoms with Crippen LogP contribution in [0, 0.1) is 23.7 Å². The minimum Gasteiger partial charge on any atom is -0.479 e. The summed E-state index contributed by atoms with van der Waals surface area (Å²) in [5.74, 6) is -4.15. The molecule has 0 aromatic carbocycles. The van der Waals surface area contributed by atoms with Gasteiger partial charge in [-0.1, -0.05) is 13.0 Å². The Balaban J connectivity index is 1.85. The summed E-state index contributed by atoms with van der Waals surface area (Å²) in [7, 11) is -4.86. The maximum atomic E-state index is 11.7. The molecular formula is C16H24NO8P. The first-order chi connectivity index (χ1) is 12.0. The number of imide groups is 1. The molecule has 0 radical (unpaired) electrons. The third-order valence-electron chi connectivity index (χ3n) is 4.96. The first-order valence-corrected chi connectivity index (χ1v) is 10.1. The van der Waals surface area contributed by atoms with Crippen molar-refractivity contribution in [3.05, 3.63) is 11.6 Å². The SMILES string of the molecule is CC1=CC(C(C)CC2CC2COC(C(=O)O)P(=O)(O)O)CC(=O)NC1=O. The van der Waals surface area contributed by atoms with Gasteiger partial charge in [-0.2, -0.15) is 0 Å². The third kappa shape index (κ3) is 5.48. The van der Waals surface area contributed by atoms with E-state index in [1.165, 1.54) is 0 Å². The molecule has 2 amide bonds. The van der Waals surface area contributed by atoms with Gasteiger partial charge < -0.3 is 19.6 Å². The molecule has 1 heterocycles. The number of carbonyl (C=O) groups is 3. The molecule has 1 aliphatic carbocycles. The van der Waals surface area contributed by atoms with Gasteiger partial charge in [-0.05, 0) is 43.4 Å². The normalized spacial score (nSPS) is 28.6. The molecule has 0 saturated heterocycles. The number of rotatable bonds is 8. The Morgan fingerprint density at radius 2 is 2.04 bits per heavy atom. The maximum Gasteiger partial charge on any atom is 0.365 e. The van der Waals surface area contributed by atoms with Crippen molar-refractivity contribution >= 4 is 25.4 Å². The Morgan fingerprint density at radius 1 is 1.38 bits per heavy atom. The lowest BCUT2D eigenvalue weighted by Gasteiger charge is -2.19. The number of carboxylic acid groups (broad SMARTS) is 1. The van der Waals surface area contributed by atoms with Crippen molar-refractivity contribution in [1.29, 1.82) is 0 Å². The molecule has 2 rings (SSSR count). The van der Waals surface area contributed by atoms with E-state index in [0.29, 0.717) is 5.57 Å². The van der Waals surface area contributed by atoms with E-state index < -0.39 is 19.4 Å². The number of allylic oxidation sites excluding steroid dienone is 1. The lowest BCUT2D eigenvalue weighted by Crippen LogP contribution is -2.30. The van der Waals surface area contributed by atoms with Gasteiger partial charge in [-0.25, -0.2) is 4.79 Å². The fourth-order valence-corrected chi connectivity index (χ4v) is 3.86. The molecule has 9 nitrogen and oxygen atoms in total. The molecule has 5 atom stereocenters. The lowest BCUT2D eigenvalue weighted by atomic mass is 9.85. The van der Waals surface area contributed by atoms with Gasteiger partial charge in [0.15, 0.2) is 0 Å². The predicted octanol–water partition coefficient (Wildman–Crippen LogP) is 0.863. The largest absolute Gasteiger partial charge is 0.479 e. The van der Waals surface area contributed by atoms with Gasteiger partial charge in [0.25, 0.3) is 11.8 Å². The van der Waals surface area contributed by atoms with Gasteiger partial charge in [-0.15, -0.1) is 0 Å². The number of hydrogen-bond donors (Lipinski definition) is 4. The highest BCUT2D eigenvalue weighted by molar-refractivity contribution is 7.53. The smallest absolute Gasteiger partial charge is 0.365 e.